The third kappa shape index (κ3) is 3.87. The summed E-state index contributed by atoms with van der Waals surface area (Å²) in [6.07, 6.45) is 2.27. The number of aromatic nitrogens is 5. The van der Waals surface area contributed by atoms with Crippen LogP contribution in [0.2, 0.25) is 0 Å². The van der Waals surface area contributed by atoms with Crippen LogP contribution in [0, 0.1) is 11.3 Å². The Morgan fingerprint density at radius 1 is 1.12 bits per heavy atom. The number of aryl methyl sites for hydroxylation is 1. The second-order valence-electron chi connectivity index (χ2n) is 7.89. The summed E-state index contributed by atoms with van der Waals surface area (Å²) in [5.41, 5.74) is 3.04. The number of fused-ring (bicyclic) bond motifs is 1. The highest BCUT2D eigenvalue weighted by molar-refractivity contribution is 7.99. The van der Waals surface area contributed by atoms with Gasteiger partial charge in [0.25, 0.3) is 0 Å². The van der Waals surface area contributed by atoms with E-state index in [-0.39, 0.29) is 17.1 Å². The van der Waals surface area contributed by atoms with E-state index < -0.39 is 0 Å². The second-order valence-corrected chi connectivity index (χ2v) is 8.83. The third-order valence-corrected chi connectivity index (χ3v) is 6.60. The highest BCUT2D eigenvalue weighted by Gasteiger charge is 2.30. The van der Waals surface area contributed by atoms with Gasteiger partial charge in [0, 0.05) is 13.0 Å². The quantitative estimate of drug-likeness (QED) is 0.254. The van der Waals surface area contributed by atoms with E-state index in [1.54, 1.807) is 0 Å². The molecule has 4 aromatic rings. The number of para-hydroxylation sites is 2. The molecule has 2 aromatic heterocycles. The van der Waals surface area contributed by atoms with Crippen LogP contribution in [-0.2, 0) is 13.6 Å². The Hall–Kier alpha value is -3.57. The molecule has 32 heavy (non-hydrogen) atoms. The lowest BCUT2D eigenvalue weighted by Crippen LogP contribution is -2.07. The lowest BCUT2D eigenvalue weighted by Gasteiger charge is -2.10. The molecule has 2 aromatic carbocycles. The summed E-state index contributed by atoms with van der Waals surface area (Å²) in [4.78, 5) is 4.55. The molecule has 0 aliphatic heterocycles. The maximum atomic E-state index is 10.8. The van der Waals surface area contributed by atoms with Gasteiger partial charge in [-0.3, -0.25) is 0 Å². The Bertz CT molecular complexity index is 1340. The number of imidazole rings is 1. The molecule has 1 fully saturated rings. The first kappa shape index (κ1) is 20.3. The first-order chi connectivity index (χ1) is 15.7. The highest BCUT2D eigenvalue weighted by Crippen LogP contribution is 2.40. The van der Waals surface area contributed by atoms with Gasteiger partial charge in [0.15, 0.2) is 11.0 Å². The van der Waals surface area contributed by atoms with Crippen molar-refractivity contribution in [2.45, 2.75) is 30.5 Å². The van der Waals surface area contributed by atoms with E-state index in [4.69, 9.17) is 0 Å². The van der Waals surface area contributed by atoms with Crippen molar-refractivity contribution in [1.29, 1.82) is 5.26 Å². The standard InChI is InChI=1S/C24H22N6OS/c1-29-20-10-6-5-9-19(20)26-23(29)18(13-25)21(31)15-32-24-28-27-22(17-11-12-17)30(24)14-16-7-3-2-4-8-16/h2-10,17,31H,11-12,14-15H2,1H3/b21-18-. The Morgan fingerprint density at radius 2 is 1.88 bits per heavy atom. The predicted octanol–water partition coefficient (Wildman–Crippen LogP) is 4.68. The average Bonchev–Trinajstić information content (AvgIpc) is 3.51. The largest absolute Gasteiger partial charge is 0.510 e. The van der Waals surface area contributed by atoms with Crippen molar-refractivity contribution in [2.24, 2.45) is 7.05 Å². The molecule has 0 unspecified atom stereocenters. The van der Waals surface area contributed by atoms with Crippen molar-refractivity contribution < 1.29 is 5.11 Å². The first-order valence-corrected chi connectivity index (χ1v) is 11.5. The molecular weight excluding hydrogens is 420 g/mol. The summed E-state index contributed by atoms with van der Waals surface area (Å²) in [5.74, 6) is 2.10. The van der Waals surface area contributed by atoms with Gasteiger partial charge in [0.1, 0.15) is 23.2 Å². The number of nitrogens with zero attached hydrogens (tertiary/aromatic N) is 6. The van der Waals surface area contributed by atoms with E-state index in [0.717, 1.165) is 34.9 Å². The van der Waals surface area contributed by atoms with Crippen molar-refractivity contribution in [2.75, 3.05) is 5.75 Å². The zero-order valence-electron chi connectivity index (χ0n) is 17.6. The molecule has 2 heterocycles. The van der Waals surface area contributed by atoms with E-state index in [9.17, 15) is 10.4 Å². The number of aliphatic hydroxyl groups excluding tert-OH is 1. The number of hydrogen-bond donors (Lipinski definition) is 1. The number of benzene rings is 2. The smallest absolute Gasteiger partial charge is 0.191 e. The van der Waals surface area contributed by atoms with Crippen molar-refractivity contribution in [1.82, 2.24) is 24.3 Å². The number of allylic oxidation sites excluding steroid dienone is 1. The lowest BCUT2D eigenvalue weighted by atomic mass is 10.2. The van der Waals surface area contributed by atoms with Gasteiger partial charge in [0.05, 0.1) is 23.3 Å². The summed E-state index contributed by atoms with van der Waals surface area (Å²) in [5, 5.41) is 30.1. The highest BCUT2D eigenvalue weighted by atomic mass is 32.2. The van der Waals surface area contributed by atoms with Crippen molar-refractivity contribution in [3.8, 4) is 6.07 Å². The molecule has 8 heteroatoms. The third-order valence-electron chi connectivity index (χ3n) is 5.62. The Kier molecular flexibility index (Phi) is 5.41. The van der Waals surface area contributed by atoms with E-state index >= 15 is 0 Å². The van der Waals surface area contributed by atoms with Gasteiger partial charge >= 0.3 is 0 Å². The normalized spacial score (nSPS) is 14.4. The van der Waals surface area contributed by atoms with E-state index in [1.807, 2.05) is 54.1 Å². The summed E-state index contributed by atoms with van der Waals surface area (Å²) in [6, 6.07) is 20.0. The number of hydrogen-bond acceptors (Lipinski definition) is 6. The van der Waals surface area contributed by atoms with Gasteiger partial charge in [-0.1, -0.05) is 54.2 Å². The van der Waals surface area contributed by atoms with Crippen LogP contribution in [-0.4, -0.2) is 35.2 Å². The average molecular weight is 443 g/mol. The maximum absolute atomic E-state index is 10.8. The van der Waals surface area contributed by atoms with Gasteiger partial charge < -0.3 is 14.2 Å². The van der Waals surface area contributed by atoms with Crippen LogP contribution < -0.4 is 0 Å². The monoisotopic (exact) mass is 442 g/mol. The van der Waals surface area contributed by atoms with Crippen LogP contribution in [0.5, 0.6) is 0 Å². The second kappa shape index (κ2) is 8.52. The fraction of sp³-hybridized carbons (Fsp3) is 0.250. The molecule has 0 bridgehead atoms. The molecule has 1 aliphatic carbocycles. The molecular formula is C24H22N6OS. The minimum atomic E-state index is -0.0156. The molecule has 1 saturated carbocycles. The van der Waals surface area contributed by atoms with Gasteiger partial charge in [-0.25, -0.2) is 4.98 Å². The Labute approximate surface area is 190 Å². The predicted molar refractivity (Wildman–Crippen MR) is 124 cm³/mol. The number of aliphatic hydroxyl groups is 1. The summed E-state index contributed by atoms with van der Waals surface area (Å²) < 4.78 is 3.96. The van der Waals surface area contributed by atoms with Crippen LogP contribution in [0.25, 0.3) is 16.6 Å². The SMILES string of the molecule is Cn1c(/C(C#N)=C(\O)CSc2nnc(C3CC3)n2Cc2ccccc2)nc2ccccc21. The van der Waals surface area contributed by atoms with Gasteiger partial charge in [-0.05, 0) is 30.5 Å². The fourth-order valence-corrected chi connectivity index (χ4v) is 4.61. The van der Waals surface area contributed by atoms with Crippen LogP contribution in [0.15, 0.2) is 65.5 Å². The molecule has 1 aliphatic rings. The van der Waals surface area contributed by atoms with Gasteiger partial charge in [0.2, 0.25) is 0 Å². The van der Waals surface area contributed by atoms with Gasteiger partial charge in [-0.2, -0.15) is 5.26 Å². The van der Waals surface area contributed by atoms with Crippen LogP contribution in [0.4, 0.5) is 0 Å². The van der Waals surface area contributed by atoms with Crippen molar-refractivity contribution in [3.05, 3.63) is 77.6 Å². The Balaban J connectivity index is 1.42. The minimum Gasteiger partial charge on any atom is -0.510 e. The molecule has 0 saturated heterocycles. The minimum absolute atomic E-state index is 0.0156. The first-order valence-electron chi connectivity index (χ1n) is 10.5. The number of thioether (sulfide) groups is 1. The molecule has 1 N–H and O–H groups in total. The molecule has 5 rings (SSSR count). The zero-order valence-corrected chi connectivity index (χ0v) is 18.5. The molecule has 0 spiro atoms. The maximum Gasteiger partial charge on any atom is 0.191 e. The molecule has 0 atom stereocenters. The zero-order chi connectivity index (χ0) is 22.1. The fourth-order valence-electron chi connectivity index (χ4n) is 3.78. The Morgan fingerprint density at radius 3 is 2.59 bits per heavy atom. The summed E-state index contributed by atoms with van der Waals surface area (Å²) in [7, 11) is 1.85. The molecule has 7 nitrogen and oxygen atoms in total. The summed E-state index contributed by atoms with van der Waals surface area (Å²) >= 11 is 1.38. The van der Waals surface area contributed by atoms with E-state index in [0.29, 0.717) is 18.3 Å². The van der Waals surface area contributed by atoms with E-state index in [1.165, 1.54) is 17.3 Å². The van der Waals surface area contributed by atoms with Crippen LogP contribution in [0.1, 0.15) is 36.0 Å². The topological polar surface area (TPSA) is 92.5 Å². The van der Waals surface area contributed by atoms with Crippen LogP contribution in [0.3, 0.4) is 0 Å². The number of rotatable bonds is 7. The van der Waals surface area contributed by atoms with Crippen molar-refractivity contribution in [3.63, 3.8) is 0 Å². The summed E-state index contributed by atoms with van der Waals surface area (Å²) in [6.45, 7) is 0.683. The lowest BCUT2D eigenvalue weighted by molar-refractivity contribution is 0.420. The van der Waals surface area contributed by atoms with E-state index in [2.05, 4.69) is 38.0 Å². The van der Waals surface area contributed by atoms with Crippen LogP contribution >= 0.6 is 11.8 Å². The molecule has 160 valence electrons. The van der Waals surface area contributed by atoms with Crippen molar-refractivity contribution >= 4 is 28.4 Å². The molecule has 0 amide bonds. The molecule has 0 radical (unpaired) electrons. The number of nitriles is 1. The van der Waals surface area contributed by atoms with Gasteiger partial charge in [-0.15, -0.1) is 10.2 Å².